The van der Waals surface area contributed by atoms with Crippen LogP contribution in [0.15, 0.2) is 60.7 Å². The number of likely N-dealkylation sites (N-methyl/N-ethyl adjacent to an activating group) is 1. The van der Waals surface area contributed by atoms with Gasteiger partial charge >= 0.3 is 0 Å². The monoisotopic (exact) mass is 361 g/mol. The van der Waals surface area contributed by atoms with Crippen LogP contribution in [0.25, 0.3) is 17.1 Å². The minimum absolute atomic E-state index is 0.0994. The van der Waals surface area contributed by atoms with Gasteiger partial charge in [0.1, 0.15) is 0 Å². The number of aromatic nitrogens is 3. The molecule has 1 amide bonds. The molecule has 3 aromatic rings. The van der Waals surface area contributed by atoms with Crippen molar-refractivity contribution in [2.75, 3.05) is 32.7 Å². The number of amides is 1. The van der Waals surface area contributed by atoms with Gasteiger partial charge in [-0.3, -0.25) is 4.79 Å². The Balaban J connectivity index is 1.68. The highest BCUT2D eigenvalue weighted by molar-refractivity contribution is 5.91. The van der Waals surface area contributed by atoms with Crippen LogP contribution in [0.1, 0.15) is 17.5 Å². The first-order valence-corrected chi connectivity index (χ1v) is 9.36. The Hall–Kier alpha value is -2.99. The second-order valence-electron chi connectivity index (χ2n) is 6.60. The van der Waals surface area contributed by atoms with Crippen LogP contribution in [0.2, 0.25) is 0 Å². The van der Waals surface area contributed by atoms with Gasteiger partial charge in [0.25, 0.3) is 5.91 Å². The summed E-state index contributed by atoms with van der Waals surface area (Å²) in [7, 11) is 0. The predicted molar refractivity (Wildman–Crippen MR) is 105 cm³/mol. The number of hydrogen-bond acceptors (Lipinski definition) is 4. The second kappa shape index (κ2) is 7.72. The molecule has 6 nitrogen and oxygen atoms in total. The van der Waals surface area contributed by atoms with Crippen molar-refractivity contribution in [2.45, 2.75) is 6.92 Å². The average Bonchev–Trinajstić information content (AvgIpc) is 3.20. The minimum atomic E-state index is -0.0994. The van der Waals surface area contributed by atoms with E-state index in [9.17, 15) is 4.79 Å². The van der Waals surface area contributed by atoms with Crippen molar-refractivity contribution in [3.8, 4) is 17.1 Å². The molecule has 0 radical (unpaired) electrons. The summed E-state index contributed by atoms with van der Waals surface area (Å²) in [5.74, 6) is 0.831. The highest BCUT2D eigenvalue weighted by Gasteiger charge is 2.26. The standard InChI is InChI=1S/C21H23N5O/c1-2-24-13-15-25(16-14-24)21(27)19-22-20(17-9-5-3-6-10-17)26(23-19)18-11-7-4-8-12-18/h3-12H,2,13-16H2,1H3. The van der Waals surface area contributed by atoms with Crippen LogP contribution < -0.4 is 0 Å². The van der Waals surface area contributed by atoms with Crippen molar-refractivity contribution in [3.05, 3.63) is 66.5 Å². The fraction of sp³-hybridized carbons (Fsp3) is 0.286. The highest BCUT2D eigenvalue weighted by atomic mass is 16.2. The summed E-state index contributed by atoms with van der Waals surface area (Å²) in [6, 6.07) is 19.7. The first-order chi connectivity index (χ1) is 13.3. The van der Waals surface area contributed by atoms with Gasteiger partial charge in [-0.1, -0.05) is 55.5 Å². The molecule has 138 valence electrons. The van der Waals surface area contributed by atoms with Gasteiger partial charge in [0.15, 0.2) is 5.82 Å². The zero-order valence-electron chi connectivity index (χ0n) is 15.5. The zero-order chi connectivity index (χ0) is 18.6. The van der Waals surface area contributed by atoms with E-state index in [-0.39, 0.29) is 11.7 Å². The van der Waals surface area contributed by atoms with Gasteiger partial charge < -0.3 is 9.80 Å². The van der Waals surface area contributed by atoms with E-state index in [0.29, 0.717) is 18.9 Å². The second-order valence-corrected chi connectivity index (χ2v) is 6.60. The summed E-state index contributed by atoms with van der Waals surface area (Å²) in [5, 5.41) is 4.57. The van der Waals surface area contributed by atoms with Crippen molar-refractivity contribution in [1.82, 2.24) is 24.6 Å². The summed E-state index contributed by atoms with van der Waals surface area (Å²) < 4.78 is 1.75. The van der Waals surface area contributed by atoms with Crippen LogP contribution in [0.5, 0.6) is 0 Å². The van der Waals surface area contributed by atoms with E-state index in [1.165, 1.54) is 0 Å². The topological polar surface area (TPSA) is 54.3 Å². The molecule has 0 aliphatic carbocycles. The SMILES string of the molecule is CCN1CCN(C(=O)c2nc(-c3ccccc3)n(-c3ccccc3)n2)CC1. The molecule has 1 aliphatic rings. The number of piperazine rings is 1. The van der Waals surface area contributed by atoms with Crippen molar-refractivity contribution in [3.63, 3.8) is 0 Å². The van der Waals surface area contributed by atoms with Gasteiger partial charge in [0.05, 0.1) is 5.69 Å². The third-order valence-corrected chi connectivity index (χ3v) is 4.94. The van der Waals surface area contributed by atoms with Gasteiger partial charge in [-0.2, -0.15) is 0 Å². The van der Waals surface area contributed by atoms with E-state index in [0.717, 1.165) is 30.9 Å². The van der Waals surface area contributed by atoms with Crippen molar-refractivity contribution < 1.29 is 4.79 Å². The van der Waals surface area contributed by atoms with Crippen LogP contribution in [0.3, 0.4) is 0 Å². The molecule has 0 N–H and O–H groups in total. The summed E-state index contributed by atoms with van der Waals surface area (Å²) >= 11 is 0. The fourth-order valence-electron chi connectivity index (χ4n) is 3.33. The molecule has 1 saturated heterocycles. The van der Waals surface area contributed by atoms with E-state index in [1.54, 1.807) is 4.68 Å². The Bertz CT molecular complexity index is 842. The lowest BCUT2D eigenvalue weighted by molar-refractivity contribution is 0.0631. The Kier molecular flexibility index (Phi) is 4.98. The fourth-order valence-corrected chi connectivity index (χ4v) is 3.33. The summed E-state index contributed by atoms with van der Waals surface area (Å²) in [6.07, 6.45) is 0. The first-order valence-electron chi connectivity index (χ1n) is 9.36. The number of carbonyl (C=O) groups is 1. The molecule has 6 heteroatoms. The first kappa shape index (κ1) is 17.4. The summed E-state index contributed by atoms with van der Waals surface area (Å²) in [4.78, 5) is 21.8. The van der Waals surface area contributed by atoms with Crippen LogP contribution >= 0.6 is 0 Å². The Morgan fingerprint density at radius 3 is 2.19 bits per heavy atom. The average molecular weight is 361 g/mol. The van der Waals surface area contributed by atoms with Crippen molar-refractivity contribution >= 4 is 5.91 Å². The lowest BCUT2D eigenvalue weighted by Gasteiger charge is -2.33. The normalized spacial score (nSPS) is 15.1. The third kappa shape index (κ3) is 3.61. The van der Waals surface area contributed by atoms with Gasteiger partial charge in [0, 0.05) is 31.7 Å². The van der Waals surface area contributed by atoms with Gasteiger partial charge in [-0.25, -0.2) is 9.67 Å². The van der Waals surface area contributed by atoms with E-state index >= 15 is 0 Å². The third-order valence-electron chi connectivity index (χ3n) is 4.94. The highest BCUT2D eigenvalue weighted by Crippen LogP contribution is 2.21. The number of hydrogen-bond donors (Lipinski definition) is 0. The minimum Gasteiger partial charge on any atom is -0.333 e. The number of nitrogens with zero attached hydrogens (tertiary/aromatic N) is 5. The number of benzene rings is 2. The molecule has 0 saturated carbocycles. The lowest BCUT2D eigenvalue weighted by atomic mass is 10.2. The molecule has 1 fully saturated rings. The number of para-hydroxylation sites is 1. The quantitative estimate of drug-likeness (QED) is 0.717. The maximum atomic E-state index is 13.0. The zero-order valence-corrected chi connectivity index (χ0v) is 15.5. The molecule has 0 atom stereocenters. The van der Waals surface area contributed by atoms with E-state index in [2.05, 4.69) is 21.9 Å². The molecule has 27 heavy (non-hydrogen) atoms. The molecule has 2 heterocycles. The molecule has 1 aromatic heterocycles. The Morgan fingerprint density at radius 1 is 0.926 bits per heavy atom. The van der Waals surface area contributed by atoms with Crippen LogP contribution in [-0.2, 0) is 0 Å². The smallest absolute Gasteiger partial charge is 0.293 e. The summed E-state index contributed by atoms with van der Waals surface area (Å²) in [5.41, 5.74) is 1.82. The summed E-state index contributed by atoms with van der Waals surface area (Å²) in [6.45, 7) is 6.38. The van der Waals surface area contributed by atoms with Crippen LogP contribution in [-0.4, -0.2) is 63.2 Å². The molecule has 4 rings (SSSR count). The van der Waals surface area contributed by atoms with Gasteiger partial charge in [0.2, 0.25) is 5.82 Å². The maximum absolute atomic E-state index is 13.0. The maximum Gasteiger partial charge on any atom is 0.293 e. The lowest BCUT2D eigenvalue weighted by Crippen LogP contribution is -2.48. The molecule has 1 aliphatic heterocycles. The van der Waals surface area contributed by atoms with Crippen molar-refractivity contribution in [2.24, 2.45) is 0 Å². The van der Waals surface area contributed by atoms with Crippen molar-refractivity contribution in [1.29, 1.82) is 0 Å². The van der Waals surface area contributed by atoms with Gasteiger partial charge in [-0.15, -0.1) is 5.10 Å². The predicted octanol–water partition coefficient (Wildman–Crippen LogP) is 2.71. The Labute approximate surface area is 159 Å². The molecule has 0 spiro atoms. The van der Waals surface area contributed by atoms with Crippen LogP contribution in [0, 0.1) is 0 Å². The molecule has 0 unspecified atom stereocenters. The van der Waals surface area contributed by atoms with Gasteiger partial charge in [-0.05, 0) is 18.7 Å². The van der Waals surface area contributed by atoms with E-state index < -0.39 is 0 Å². The van der Waals surface area contributed by atoms with E-state index in [4.69, 9.17) is 0 Å². The van der Waals surface area contributed by atoms with E-state index in [1.807, 2.05) is 65.6 Å². The molecule has 0 bridgehead atoms. The number of carbonyl (C=O) groups excluding carboxylic acids is 1. The largest absolute Gasteiger partial charge is 0.333 e. The van der Waals surface area contributed by atoms with Crippen LogP contribution in [0.4, 0.5) is 0 Å². The number of rotatable bonds is 4. The molecule has 2 aromatic carbocycles. The molecular formula is C21H23N5O. The molecular weight excluding hydrogens is 338 g/mol. The Morgan fingerprint density at radius 2 is 1.56 bits per heavy atom.